The van der Waals surface area contributed by atoms with Crippen molar-refractivity contribution in [3.05, 3.63) is 51.0 Å². The maximum absolute atomic E-state index is 13.7. The van der Waals surface area contributed by atoms with Crippen LogP contribution in [0.15, 0.2) is 24.3 Å². The molecule has 1 heterocycles. The molecule has 0 aliphatic carbocycles. The van der Waals surface area contributed by atoms with Gasteiger partial charge in [-0.25, -0.2) is 13.8 Å². The highest BCUT2D eigenvalue weighted by molar-refractivity contribution is 6.43. The average molecular weight is 349 g/mol. The van der Waals surface area contributed by atoms with Crippen molar-refractivity contribution in [3.63, 3.8) is 0 Å². The number of nitrogen functional groups attached to an aromatic ring is 1. The van der Waals surface area contributed by atoms with Crippen LogP contribution < -0.4 is 5.73 Å². The number of nitrogens with zero attached hydrogens (tertiary/aromatic N) is 2. The largest absolute Gasteiger partial charge is 0.369 e. The molecule has 0 aliphatic heterocycles. The van der Waals surface area contributed by atoms with Gasteiger partial charge in [-0.1, -0.05) is 34.8 Å². The zero-order chi connectivity index (χ0) is 15.3. The molecule has 0 amide bonds. The van der Waals surface area contributed by atoms with Gasteiger partial charge in [-0.2, -0.15) is 0 Å². The molecule has 0 unspecified atom stereocenters. The normalized spacial score (nSPS) is 11.3. The quantitative estimate of drug-likeness (QED) is 0.639. The van der Waals surface area contributed by atoms with Crippen LogP contribution in [0.25, 0.3) is 16.7 Å². The summed E-state index contributed by atoms with van der Waals surface area (Å²) in [5.41, 5.74) is 6.20. The molecule has 0 saturated carbocycles. The van der Waals surface area contributed by atoms with E-state index in [9.17, 15) is 8.78 Å². The van der Waals surface area contributed by atoms with Gasteiger partial charge in [-0.3, -0.25) is 4.57 Å². The first-order valence-corrected chi connectivity index (χ1v) is 6.79. The highest BCUT2D eigenvalue weighted by atomic mass is 35.5. The van der Waals surface area contributed by atoms with E-state index in [1.54, 1.807) is 0 Å². The lowest BCUT2D eigenvalue weighted by Crippen LogP contribution is -2.01. The number of rotatable bonds is 1. The van der Waals surface area contributed by atoms with Gasteiger partial charge in [-0.15, -0.1) is 0 Å². The number of nitrogens with two attached hydrogens (primary N) is 1. The lowest BCUT2D eigenvalue weighted by Gasteiger charge is -2.10. The number of fused-ring (bicyclic) bond motifs is 1. The third-order valence-corrected chi connectivity index (χ3v) is 3.96. The van der Waals surface area contributed by atoms with Crippen molar-refractivity contribution in [2.45, 2.75) is 0 Å². The van der Waals surface area contributed by atoms with Crippen LogP contribution in [0.1, 0.15) is 0 Å². The molecule has 3 nitrogen and oxygen atoms in total. The predicted molar refractivity (Wildman–Crippen MR) is 80.4 cm³/mol. The molecule has 8 heteroatoms. The number of imidazole rings is 1. The second-order valence-electron chi connectivity index (χ2n) is 4.28. The van der Waals surface area contributed by atoms with E-state index < -0.39 is 11.6 Å². The molecule has 0 atom stereocenters. The minimum absolute atomic E-state index is 0.0465. The van der Waals surface area contributed by atoms with E-state index in [0.717, 1.165) is 12.1 Å². The molecular formula is C13H6Cl3F2N3. The number of halogens is 5. The van der Waals surface area contributed by atoms with E-state index in [-0.39, 0.29) is 32.0 Å². The molecule has 108 valence electrons. The molecule has 2 N–H and O–H groups in total. The van der Waals surface area contributed by atoms with Crippen LogP contribution in [-0.4, -0.2) is 9.55 Å². The molecule has 0 radical (unpaired) electrons. The van der Waals surface area contributed by atoms with Gasteiger partial charge in [-0.05, 0) is 12.1 Å². The molecule has 3 aromatic rings. The molecule has 1 aromatic heterocycles. The maximum atomic E-state index is 13.7. The fourth-order valence-electron chi connectivity index (χ4n) is 2.06. The summed E-state index contributed by atoms with van der Waals surface area (Å²) in [5, 5.41) is 0.708. The minimum Gasteiger partial charge on any atom is -0.369 e. The molecule has 0 saturated heterocycles. The van der Waals surface area contributed by atoms with Crippen LogP contribution in [0.5, 0.6) is 0 Å². The van der Waals surface area contributed by atoms with Gasteiger partial charge >= 0.3 is 0 Å². The average Bonchev–Trinajstić information content (AvgIpc) is 2.71. The van der Waals surface area contributed by atoms with Crippen molar-refractivity contribution >= 4 is 51.8 Å². The highest BCUT2D eigenvalue weighted by Crippen LogP contribution is 2.35. The lowest BCUT2D eigenvalue weighted by atomic mass is 10.2. The summed E-state index contributed by atoms with van der Waals surface area (Å²) in [5.74, 6) is -1.61. The Kier molecular flexibility index (Phi) is 3.43. The number of benzene rings is 2. The number of aromatic nitrogens is 2. The first-order valence-electron chi connectivity index (χ1n) is 5.66. The van der Waals surface area contributed by atoms with Crippen LogP contribution in [0.3, 0.4) is 0 Å². The third kappa shape index (κ3) is 2.31. The lowest BCUT2D eigenvalue weighted by molar-refractivity contribution is 0.590. The second kappa shape index (κ2) is 5.02. The zero-order valence-corrected chi connectivity index (χ0v) is 12.4. The Morgan fingerprint density at radius 3 is 2.33 bits per heavy atom. The fourth-order valence-corrected chi connectivity index (χ4v) is 2.68. The topological polar surface area (TPSA) is 43.8 Å². The van der Waals surface area contributed by atoms with Gasteiger partial charge in [0.15, 0.2) is 5.82 Å². The Labute approximate surface area is 132 Å². The Balaban J connectivity index is 2.40. The number of anilines is 1. The van der Waals surface area contributed by atoms with Crippen LogP contribution in [0, 0.1) is 11.6 Å². The fraction of sp³-hybridized carbons (Fsp3) is 0. The Morgan fingerprint density at radius 1 is 0.952 bits per heavy atom. The summed E-state index contributed by atoms with van der Waals surface area (Å²) in [6.07, 6.45) is 0. The van der Waals surface area contributed by atoms with Crippen LogP contribution in [0.4, 0.5) is 14.7 Å². The van der Waals surface area contributed by atoms with Crippen molar-refractivity contribution < 1.29 is 8.78 Å². The number of hydrogen-bond acceptors (Lipinski definition) is 2. The molecule has 0 fully saturated rings. The molecule has 21 heavy (non-hydrogen) atoms. The van der Waals surface area contributed by atoms with E-state index >= 15 is 0 Å². The second-order valence-corrected chi connectivity index (χ2v) is 5.50. The molecule has 3 rings (SSSR count). The molecule has 2 aromatic carbocycles. The monoisotopic (exact) mass is 347 g/mol. The van der Waals surface area contributed by atoms with Crippen molar-refractivity contribution in [2.24, 2.45) is 0 Å². The van der Waals surface area contributed by atoms with Gasteiger partial charge in [0.05, 0.1) is 26.3 Å². The van der Waals surface area contributed by atoms with Gasteiger partial charge in [0, 0.05) is 12.1 Å². The summed E-state index contributed by atoms with van der Waals surface area (Å²) in [6.45, 7) is 0. The SMILES string of the molecule is Nc1nc2c(F)cc(F)cc2n1-c1cc(Cl)c(Cl)cc1Cl. The molecule has 0 spiro atoms. The summed E-state index contributed by atoms with van der Waals surface area (Å²) in [4.78, 5) is 3.89. The van der Waals surface area contributed by atoms with E-state index in [1.807, 2.05) is 0 Å². The molecule has 0 aliphatic rings. The summed E-state index contributed by atoms with van der Waals surface area (Å²) < 4.78 is 28.5. The van der Waals surface area contributed by atoms with Crippen molar-refractivity contribution in [3.8, 4) is 5.69 Å². The first-order chi connectivity index (χ1) is 9.88. The highest BCUT2D eigenvalue weighted by Gasteiger charge is 2.18. The van der Waals surface area contributed by atoms with E-state index in [4.69, 9.17) is 40.5 Å². The van der Waals surface area contributed by atoms with Gasteiger partial charge in [0.2, 0.25) is 5.95 Å². The van der Waals surface area contributed by atoms with Crippen molar-refractivity contribution in [1.82, 2.24) is 9.55 Å². The number of hydrogen-bond donors (Lipinski definition) is 1. The smallest absolute Gasteiger partial charge is 0.206 e. The summed E-state index contributed by atoms with van der Waals surface area (Å²) >= 11 is 17.9. The van der Waals surface area contributed by atoms with E-state index in [0.29, 0.717) is 5.69 Å². The zero-order valence-electron chi connectivity index (χ0n) is 10.2. The Hall–Kier alpha value is -1.56. The minimum atomic E-state index is -0.813. The van der Waals surface area contributed by atoms with Gasteiger partial charge in [0.1, 0.15) is 11.3 Å². The van der Waals surface area contributed by atoms with Gasteiger partial charge in [0.25, 0.3) is 0 Å². The van der Waals surface area contributed by atoms with Crippen LogP contribution in [0.2, 0.25) is 15.1 Å². The van der Waals surface area contributed by atoms with Crippen molar-refractivity contribution in [2.75, 3.05) is 5.73 Å². The summed E-state index contributed by atoms with van der Waals surface area (Å²) in [6, 6.07) is 4.71. The van der Waals surface area contributed by atoms with E-state index in [2.05, 4.69) is 4.98 Å². The maximum Gasteiger partial charge on any atom is 0.206 e. The van der Waals surface area contributed by atoms with Gasteiger partial charge < -0.3 is 5.73 Å². The first kappa shape index (κ1) is 14.4. The summed E-state index contributed by atoms with van der Waals surface area (Å²) in [7, 11) is 0. The Bertz CT molecular complexity index is 877. The van der Waals surface area contributed by atoms with E-state index in [1.165, 1.54) is 16.7 Å². The van der Waals surface area contributed by atoms with Crippen LogP contribution >= 0.6 is 34.8 Å². The third-order valence-electron chi connectivity index (χ3n) is 2.94. The van der Waals surface area contributed by atoms with Crippen molar-refractivity contribution in [1.29, 1.82) is 0 Å². The van der Waals surface area contributed by atoms with Crippen LogP contribution in [-0.2, 0) is 0 Å². The molecule has 0 bridgehead atoms. The Morgan fingerprint density at radius 2 is 1.62 bits per heavy atom. The molecular weight excluding hydrogens is 343 g/mol. The standard InChI is InChI=1S/C13H6Cl3F2N3/c14-6-3-8(16)10(4-7(6)15)21-11-2-5(17)1-9(18)12(11)20-13(21)19/h1-4H,(H2,19,20). The predicted octanol–water partition coefficient (Wildman–Crippen LogP) is 4.85.